The van der Waals surface area contributed by atoms with E-state index in [1.54, 1.807) is 0 Å². The van der Waals surface area contributed by atoms with Gasteiger partial charge in [-0.2, -0.15) is 13.5 Å². The number of rotatable bonds is 2. The molecule has 2 aromatic carbocycles. The molecule has 0 aliphatic heterocycles. The van der Waals surface area contributed by atoms with Crippen LogP contribution in [0.1, 0.15) is 18.1 Å². The van der Waals surface area contributed by atoms with Crippen LogP contribution in [0.4, 0.5) is 0 Å². The van der Waals surface area contributed by atoms with Crippen LogP contribution in [0.2, 0.25) is 0 Å². The quantitative estimate of drug-likeness (QED) is 0.697. The molecule has 0 nitrogen and oxygen atoms in total. The molecule has 0 aromatic heterocycles. The van der Waals surface area contributed by atoms with Gasteiger partial charge in [0.25, 0.3) is 0 Å². The van der Waals surface area contributed by atoms with E-state index in [1.165, 1.54) is 0 Å². The van der Waals surface area contributed by atoms with Crippen LogP contribution in [-0.2, 0) is 4.87 Å². The molecule has 0 unspecified atom stereocenters. The second-order valence-corrected chi connectivity index (χ2v) is 4.49. The highest BCUT2D eigenvalue weighted by Crippen LogP contribution is 2.35. The van der Waals surface area contributed by atoms with E-state index < -0.39 is 4.87 Å². The molecule has 0 radical (unpaired) electrons. The zero-order valence-corrected chi connectivity index (χ0v) is 10.9. The van der Waals surface area contributed by atoms with Crippen molar-refractivity contribution in [2.24, 2.45) is 0 Å². The van der Waals surface area contributed by atoms with Crippen molar-refractivity contribution in [1.29, 1.82) is 0 Å². The van der Waals surface area contributed by atoms with Crippen LogP contribution >= 0.6 is 25.1 Å². The smallest absolute Gasteiger partial charge is 0.0916 e. The number of hydrogen-bond acceptors (Lipinski definition) is 0. The molecule has 0 bridgehead atoms. The lowest BCUT2D eigenvalue weighted by Gasteiger charge is -2.23. The topological polar surface area (TPSA) is 0 Å². The van der Waals surface area contributed by atoms with Gasteiger partial charge in [0.15, 0.2) is 0 Å². The van der Waals surface area contributed by atoms with E-state index in [0.717, 1.165) is 11.1 Å². The minimum absolute atomic E-state index is 0. The lowest BCUT2D eigenvalue weighted by Crippen LogP contribution is -2.14. The normalized spacial score (nSPS) is 10.6. The summed E-state index contributed by atoms with van der Waals surface area (Å²) >= 11 is 6.59. The third-order valence-corrected chi connectivity index (χ3v) is 3.07. The summed E-state index contributed by atoms with van der Waals surface area (Å²) in [5.41, 5.74) is 2.25. The number of halogens is 1. The van der Waals surface area contributed by atoms with Crippen molar-refractivity contribution in [1.82, 2.24) is 0 Å². The summed E-state index contributed by atoms with van der Waals surface area (Å²) < 4.78 is 0. The average molecular weight is 251 g/mol. The second kappa shape index (κ2) is 5.42. The first-order valence-corrected chi connectivity index (χ1v) is 5.39. The highest BCUT2D eigenvalue weighted by Gasteiger charge is 2.24. The molecule has 2 rings (SSSR count). The summed E-state index contributed by atoms with van der Waals surface area (Å²) in [4.78, 5) is -0.442. The Hall–Kier alpha value is -0.920. The monoisotopic (exact) mass is 250 g/mol. The lowest BCUT2D eigenvalue weighted by molar-refractivity contribution is 0.822. The van der Waals surface area contributed by atoms with Gasteiger partial charge in [0.2, 0.25) is 0 Å². The van der Waals surface area contributed by atoms with Gasteiger partial charge >= 0.3 is 0 Å². The van der Waals surface area contributed by atoms with Crippen LogP contribution in [-0.4, -0.2) is 0 Å². The van der Waals surface area contributed by atoms with Crippen LogP contribution in [0.15, 0.2) is 60.7 Å². The minimum atomic E-state index is -0.442. The zero-order valence-electron chi connectivity index (χ0n) is 9.15. The summed E-state index contributed by atoms with van der Waals surface area (Å²) in [6.45, 7) is 2.03. The maximum absolute atomic E-state index is 6.59. The molecule has 0 atom stereocenters. The van der Waals surface area contributed by atoms with Crippen molar-refractivity contribution in [3.63, 3.8) is 0 Å². The highest BCUT2D eigenvalue weighted by molar-refractivity contribution is 7.59. The summed E-state index contributed by atoms with van der Waals surface area (Å²) in [6, 6.07) is 20.3. The van der Waals surface area contributed by atoms with Crippen molar-refractivity contribution < 1.29 is 0 Å². The molecule has 0 fully saturated rings. The van der Waals surface area contributed by atoms with E-state index in [-0.39, 0.29) is 13.5 Å². The molecule has 0 aliphatic carbocycles. The fourth-order valence-electron chi connectivity index (χ4n) is 1.67. The molecular weight excluding hydrogens is 236 g/mol. The molecule has 2 heteroatoms. The van der Waals surface area contributed by atoms with Crippen molar-refractivity contribution in [2.45, 2.75) is 11.8 Å². The second-order valence-electron chi connectivity index (χ2n) is 3.74. The minimum Gasteiger partial charge on any atom is -0.197 e. The number of benzene rings is 2. The zero-order chi connectivity index (χ0) is 10.7. The van der Waals surface area contributed by atoms with Gasteiger partial charge in [-0.05, 0) is 18.1 Å². The molecule has 0 saturated heterocycles. The Morgan fingerprint density at radius 1 is 0.750 bits per heavy atom. The Bertz CT molecular complexity index is 382. The predicted octanol–water partition coefficient (Wildman–Crippen LogP) is 4.30. The summed E-state index contributed by atoms with van der Waals surface area (Å²) in [6.07, 6.45) is 0. The molecule has 2 aromatic rings. The first kappa shape index (κ1) is 13.1. The highest BCUT2D eigenvalue weighted by atomic mass is 35.5. The maximum atomic E-state index is 6.59. The van der Waals surface area contributed by atoms with Gasteiger partial charge in [-0.25, -0.2) is 0 Å². The van der Waals surface area contributed by atoms with Gasteiger partial charge in [-0.1, -0.05) is 60.7 Å². The molecule has 0 amide bonds. The van der Waals surface area contributed by atoms with Gasteiger partial charge in [0.1, 0.15) is 0 Å². The molecule has 84 valence electrons. The van der Waals surface area contributed by atoms with Crippen molar-refractivity contribution >= 4 is 25.1 Å². The third kappa shape index (κ3) is 2.60. The fourth-order valence-corrected chi connectivity index (χ4v) is 1.92. The number of alkyl halides is 1. The molecular formula is C14H15ClS. The van der Waals surface area contributed by atoms with E-state index in [9.17, 15) is 0 Å². The molecule has 0 spiro atoms. The Morgan fingerprint density at radius 3 is 1.38 bits per heavy atom. The first-order chi connectivity index (χ1) is 7.21. The molecule has 0 heterocycles. The fraction of sp³-hybridized carbons (Fsp3) is 0.143. The largest absolute Gasteiger partial charge is 0.197 e. The van der Waals surface area contributed by atoms with Crippen LogP contribution in [0.5, 0.6) is 0 Å². The Labute approximate surface area is 109 Å². The van der Waals surface area contributed by atoms with Crippen molar-refractivity contribution in [3.8, 4) is 0 Å². The summed E-state index contributed by atoms with van der Waals surface area (Å²) in [7, 11) is 0. The SMILES string of the molecule is CC(Cl)(c1ccccc1)c1ccccc1.S. The van der Waals surface area contributed by atoms with Crippen molar-refractivity contribution in [2.75, 3.05) is 0 Å². The lowest BCUT2D eigenvalue weighted by atomic mass is 9.92. The summed E-state index contributed by atoms with van der Waals surface area (Å²) in [5.74, 6) is 0. The van der Waals surface area contributed by atoms with Crippen molar-refractivity contribution in [3.05, 3.63) is 71.8 Å². The predicted molar refractivity (Wildman–Crippen MR) is 75.6 cm³/mol. The molecule has 0 saturated carbocycles. The van der Waals surface area contributed by atoms with Gasteiger partial charge in [-0.3, -0.25) is 0 Å². The maximum Gasteiger partial charge on any atom is 0.0916 e. The Kier molecular flexibility index (Phi) is 4.45. The van der Waals surface area contributed by atoms with Crippen LogP contribution in [0.25, 0.3) is 0 Å². The Morgan fingerprint density at radius 2 is 1.06 bits per heavy atom. The number of hydrogen-bond donors (Lipinski definition) is 0. The standard InChI is InChI=1S/C14H13Cl.H2S/c1-14(15,12-8-4-2-5-9-12)13-10-6-3-7-11-13;/h2-11H,1H3;1H2. The van der Waals surface area contributed by atoms with E-state index in [4.69, 9.17) is 11.6 Å². The molecule has 0 aliphatic rings. The van der Waals surface area contributed by atoms with E-state index in [0.29, 0.717) is 0 Å². The van der Waals surface area contributed by atoms with Gasteiger partial charge in [0.05, 0.1) is 4.87 Å². The Balaban J connectivity index is 0.00000128. The van der Waals surface area contributed by atoms with Crippen LogP contribution < -0.4 is 0 Å². The van der Waals surface area contributed by atoms with Gasteiger partial charge < -0.3 is 0 Å². The average Bonchev–Trinajstić information content (AvgIpc) is 2.31. The van der Waals surface area contributed by atoms with E-state index >= 15 is 0 Å². The van der Waals surface area contributed by atoms with Crippen LogP contribution in [0, 0.1) is 0 Å². The van der Waals surface area contributed by atoms with Gasteiger partial charge in [-0.15, -0.1) is 11.6 Å². The van der Waals surface area contributed by atoms with Gasteiger partial charge in [0, 0.05) is 0 Å². The summed E-state index contributed by atoms with van der Waals surface area (Å²) in [5, 5.41) is 0. The van der Waals surface area contributed by atoms with Crippen LogP contribution in [0.3, 0.4) is 0 Å². The van der Waals surface area contributed by atoms with E-state index in [2.05, 4.69) is 24.3 Å². The first-order valence-electron chi connectivity index (χ1n) is 5.01. The van der Waals surface area contributed by atoms with E-state index in [1.807, 2.05) is 43.3 Å². The molecule has 16 heavy (non-hydrogen) atoms. The molecule has 0 N–H and O–H groups in total. The third-order valence-electron chi connectivity index (χ3n) is 2.63.